The Bertz CT molecular complexity index is 133. The van der Waals surface area contributed by atoms with E-state index in [9.17, 15) is 0 Å². The van der Waals surface area contributed by atoms with Gasteiger partial charge in [0.25, 0.3) is 0 Å². The van der Waals surface area contributed by atoms with Crippen molar-refractivity contribution < 1.29 is 0 Å². The second-order valence-corrected chi connectivity index (χ2v) is 11.9. The molecule has 0 N–H and O–H groups in total. The fourth-order valence-electron chi connectivity index (χ4n) is 1.30. The molecule has 0 fully saturated rings. The predicted octanol–water partition coefficient (Wildman–Crippen LogP) is 4.50. The van der Waals surface area contributed by atoms with Gasteiger partial charge in [0.05, 0.1) is 0 Å². The fraction of sp³-hybridized carbons (Fsp3) is 0.600. The SMILES string of the molecule is C=CC[Si](Br)(CC=C)CCCC. The van der Waals surface area contributed by atoms with Crippen LogP contribution in [0.5, 0.6) is 0 Å². The molecule has 0 aliphatic heterocycles. The number of hydrogen-bond donors (Lipinski definition) is 0. The summed E-state index contributed by atoms with van der Waals surface area (Å²) in [5.41, 5.74) is 0. The Kier molecular flexibility index (Phi) is 6.77. The van der Waals surface area contributed by atoms with Gasteiger partial charge in [-0.2, -0.15) is 0 Å². The Balaban J connectivity index is 3.96. The molecule has 0 aliphatic carbocycles. The fourth-order valence-corrected chi connectivity index (χ4v) is 6.11. The largest absolute Gasteiger partial charge is 0.137 e. The zero-order valence-corrected chi connectivity index (χ0v) is 10.6. The van der Waals surface area contributed by atoms with Gasteiger partial charge in [0.1, 0.15) is 6.69 Å². The van der Waals surface area contributed by atoms with Gasteiger partial charge in [-0.15, -0.1) is 28.5 Å². The molecule has 0 nitrogen and oxygen atoms in total. The van der Waals surface area contributed by atoms with Gasteiger partial charge in [-0.3, -0.25) is 0 Å². The number of halogens is 1. The monoisotopic (exact) mass is 246 g/mol. The van der Waals surface area contributed by atoms with Crippen molar-refractivity contribution in [2.75, 3.05) is 0 Å². The highest BCUT2D eigenvalue weighted by atomic mass is 79.9. The van der Waals surface area contributed by atoms with Crippen LogP contribution in [0.15, 0.2) is 25.3 Å². The third-order valence-corrected chi connectivity index (χ3v) is 8.42. The average molecular weight is 247 g/mol. The first-order valence-electron chi connectivity index (χ1n) is 4.59. The summed E-state index contributed by atoms with van der Waals surface area (Å²) in [5, 5.41) is 0. The number of hydrogen-bond acceptors (Lipinski definition) is 0. The highest BCUT2D eigenvalue weighted by molar-refractivity contribution is 9.26. The Hall–Kier alpha value is 0.177. The Morgan fingerprint density at radius 2 is 1.75 bits per heavy atom. The predicted molar refractivity (Wildman–Crippen MR) is 64.4 cm³/mol. The maximum absolute atomic E-state index is 3.90. The lowest BCUT2D eigenvalue weighted by molar-refractivity contribution is 0.870. The summed E-state index contributed by atoms with van der Waals surface area (Å²) < 4.78 is 0. The quantitative estimate of drug-likeness (QED) is 0.353. The van der Waals surface area contributed by atoms with Crippen LogP contribution in [0.25, 0.3) is 0 Å². The molecule has 0 unspecified atom stereocenters. The molecule has 0 saturated heterocycles. The van der Waals surface area contributed by atoms with Gasteiger partial charge in [0.15, 0.2) is 0 Å². The first-order chi connectivity index (χ1) is 5.68. The molecule has 0 rings (SSSR count). The lowest BCUT2D eigenvalue weighted by atomic mass is 10.4. The van der Waals surface area contributed by atoms with Crippen molar-refractivity contribution in [2.45, 2.75) is 37.9 Å². The standard InChI is InChI=1S/C10H19BrSi/c1-4-7-10-12(11,8-5-2)9-6-3/h5-6H,2-4,7-10H2,1H3. The minimum Gasteiger partial charge on any atom is -0.126 e. The number of unbranched alkanes of at least 4 members (excludes halogenated alkanes) is 1. The maximum atomic E-state index is 3.90. The molecule has 0 bridgehead atoms. The summed E-state index contributed by atoms with van der Waals surface area (Å²) >= 11 is 3.90. The Labute approximate surface area is 85.3 Å². The van der Waals surface area contributed by atoms with E-state index in [-0.39, 0.29) is 0 Å². The van der Waals surface area contributed by atoms with Crippen molar-refractivity contribution in [1.29, 1.82) is 0 Å². The second-order valence-electron chi connectivity index (χ2n) is 3.24. The van der Waals surface area contributed by atoms with Crippen LogP contribution in [0.1, 0.15) is 19.8 Å². The molecule has 0 heterocycles. The highest BCUT2D eigenvalue weighted by Crippen LogP contribution is 2.30. The van der Waals surface area contributed by atoms with Gasteiger partial charge < -0.3 is 0 Å². The molecule has 12 heavy (non-hydrogen) atoms. The van der Waals surface area contributed by atoms with Crippen LogP contribution in [-0.2, 0) is 0 Å². The van der Waals surface area contributed by atoms with Crippen LogP contribution in [-0.4, -0.2) is 6.69 Å². The van der Waals surface area contributed by atoms with Gasteiger partial charge >= 0.3 is 0 Å². The Morgan fingerprint density at radius 3 is 2.08 bits per heavy atom. The molecule has 0 aromatic carbocycles. The summed E-state index contributed by atoms with van der Waals surface area (Å²) in [4.78, 5) is 0. The van der Waals surface area contributed by atoms with E-state index >= 15 is 0 Å². The molecule has 0 aromatic heterocycles. The van der Waals surface area contributed by atoms with Crippen LogP contribution < -0.4 is 0 Å². The van der Waals surface area contributed by atoms with Gasteiger partial charge in [0, 0.05) is 0 Å². The third-order valence-electron chi connectivity index (χ3n) is 2.00. The normalized spacial score (nSPS) is 11.2. The first kappa shape index (κ1) is 12.2. The van der Waals surface area contributed by atoms with E-state index in [1.807, 2.05) is 12.2 Å². The van der Waals surface area contributed by atoms with Crippen molar-refractivity contribution in [2.24, 2.45) is 0 Å². The molecule has 2 heteroatoms. The summed E-state index contributed by atoms with van der Waals surface area (Å²) in [6, 6.07) is 3.68. The average Bonchev–Trinajstić information content (AvgIpc) is 2.02. The van der Waals surface area contributed by atoms with Crippen molar-refractivity contribution >= 4 is 22.0 Å². The molecule has 0 amide bonds. The van der Waals surface area contributed by atoms with E-state index in [4.69, 9.17) is 0 Å². The highest BCUT2D eigenvalue weighted by Gasteiger charge is 2.25. The lowest BCUT2D eigenvalue weighted by Crippen LogP contribution is -2.23. The molecule has 0 aromatic rings. The third kappa shape index (κ3) is 4.94. The van der Waals surface area contributed by atoms with Gasteiger partial charge in [-0.1, -0.05) is 31.9 Å². The minimum atomic E-state index is -1.19. The molecule has 0 atom stereocenters. The van der Waals surface area contributed by atoms with Crippen LogP contribution in [0.2, 0.25) is 18.1 Å². The smallest absolute Gasteiger partial charge is 0.126 e. The molecule has 0 spiro atoms. The summed E-state index contributed by atoms with van der Waals surface area (Å²) in [7, 11) is 0. The topological polar surface area (TPSA) is 0 Å². The number of rotatable bonds is 7. The van der Waals surface area contributed by atoms with E-state index in [0.29, 0.717) is 0 Å². The number of allylic oxidation sites excluding steroid dienone is 2. The maximum Gasteiger partial charge on any atom is 0.137 e. The summed E-state index contributed by atoms with van der Waals surface area (Å²) in [6.45, 7) is 8.66. The van der Waals surface area contributed by atoms with Crippen LogP contribution in [0.3, 0.4) is 0 Å². The van der Waals surface area contributed by atoms with Gasteiger partial charge in [-0.05, 0) is 18.1 Å². The summed E-state index contributed by atoms with van der Waals surface area (Å²) in [6.07, 6.45) is 6.70. The first-order valence-corrected chi connectivity index (χ1v) is 9.47. The molecule has 70 valence electrons. The van der Waals surface area contributed by atoms with E-state index in [2.05, 4.69) is 35.4 Å². The van der Waals surface area contributed by atoms with Crippen molar-refractivity contribution in [3.05, 3.63) is 25.3 Å². The molecule has 0 saturated carbocycles. The minimum absolute atomic E-state index is 1.17. The van der Waals surface area contributed by atoms with Crippen molar-refractivity contribution in [3.63, 3.8) is 0 Å². The molecular formula is C10H19BrSi. The van der Waals surface area contributed by atoms with Gasteiger partial charge in [0.2, 0.25) is 0 Å². The summed E-state index contributed by atoms with van der Waals surface area (Å²) in [5.74, 6) is 0. The van der Waals surface area contributed by atoms with Gasteiger partial charge in [-0.25, -0.2) is 0 Å². The zero-order valence-electron chi connectivity index (χ0n) is 7.98. The van der Waals surface area contributed by atoms with E-state index in [0.717, 1.165) is 0 Å². The van der Waals surface area contributed by atoms with Crippen LogP contribution >= 0.6 is 15.3 Å². The van der Waals surface area contributed by atoms with E-state index in [1.54, 1.807) is 0 Å². The molecule has 0 aliphatic rings. The van der Waals surface area contributed by atoms with Crippen LogP contribution in [0, 0.1) is 0 Å². The lowest BCUT2D eigenvalue weighted by Gasteiger charge is -2.21. The van der Waals surface area contributed by atoms with Crippen molar-refractivity contribution in [3.8, 4) is 0 Å². The van der Waals surface area contributed by atoms with Crippen LogP contribution in [0.4, 0.5) is 0 Å². The van der Waals surface area contributed by atoms with E-state index < -0.39 is 6.69 Å². The second kappa shape index (κ2) is 6.67. The van der Waals surface area contributed by atoms with E-state index in [1.165, 1.54) is 31.0 Å². The molecular weight excluding hydrogens is 228 g/mol. The van der Waals surface area contributed by atoms with Crippen molar-refractivity contribution in [1.82, 2.24) is 0 Å². The Morgan fingerprint density at radius 1 is 1.25 bits per heavy atom. The molecule has 0 radical (unpaired) electrons. The zero-order chi connectivity index (χ0) is 9.45.